The summed E-state index contributed by atoms with van der Waals surface area (Å²) in [6.07, 6.45) is 0. The largest absolute Gasteiger partial charge is 0.370 e. The number of hydrogen-bond donors (Lipinski definition) is 1. The van der Waals surface area contributed by atoms with Gasteiger partial charge in [-0.1, -0.05) is 42.5 Å². The van der Waals surface area contributed by atoms with Gasteiger partial charge in [0.25, 0.3) is 0 Å². The van der Waals surface area contributed by atoms with E-state index < -0.39 is 0 Å². The van der Waals surface area contributed by atoms with Crippen molar-refractivity contribution in [3.05, 3.63) is 71.4 Å². The van der Waals surface area contributed by atoms with E-state index in [1.807, 2.05) is 68.4 Å². The van der Waals surface area contributed by atoms with Crippen LogP contribution in [-0.4, -0.2) is 17.3 Å². The third-order valence-electron chi connectivity index (χ3n) is 3.66. The quantitative estimate of drug-likeness (QED) is 0.732. The zero-order chi connectivity index (χ0) is 15.5. The Morgan fingerprint density at radius 1 is 1.00 bits per heavy atom. The summed E-state index contributed by atoms with van der Waals surface area (Å²) in [7, 11) is 0. The summed E-state index contributed by atoms with van der Waals surface area (Å²) >= 11 is 0. The number of ketones is 1. The van der Waals surface area contributed by atoms with Gasteiger partial charge in [0.1, 0.15) is 5.82 Å². The third-order valence-corrected chi connectivity index (χ3v) is 3.66. The maximum atomic E-state index is 13.0. The summed E-state index contributed by atoms with van der Waals surface area (Å²) in [5.74, 6) is 0.653. The van der Waals surface area contributed by atoms with E-state index in [1.54, 1.807) is 0 Å². The number of fused-ring (bicyclic) bond motifs is 1. The molecule has 0 aliphatic rings. The first kappa shape index (κ1) is 14.3. The van der Waals surface area contributed by atoms with E-state index in [-0.39, 0.29) is 5.78 Å². The van der Waals surface area contributed by atoms with Gasteiger partial charge in [0.05, 0.1) is 5.56 Å². The van der Waals surface area contributed by atoms with Gasteiger partial charge in [-0.3, -0.25) is 4.79 Å². The minimum absolute atomic E-state index is 0.000231. The van der Waals surface area contributed by atoms with Crippen molar-refractivity contribution in [1.82, 2.24) is 4.98 Å². The van der Waals surface area contributed by atoms with E-state index >= 15 is 0 Å². The van der Waals surface area contributed by atoms with Crippen molar-refractivity contribution in [3.63, 3.8) is 0 Å². The summed E-state index contributed by atoms with van der Waals surface area (Å²) in [6.45, 7) is 4.65. The summed E-state index contributed by atoms with van der Waals surface area (Å²) < 4.78 is 0. The summed E-state index contributed by atoms with van der Waals surface area (Å²) in [4.78, 5) is 17.4. The highest BCUT2D eigenvalue weighted by atomic mass is 16.1. The van der Waals surface area contributed by atoms with Gasteiger partial charge in [-0.25, -0.2) is 4.98 Å². The Kier molecular flexibility index (Phi) is 3.88. The van der Waals surface area contributed by atoms with Crippen LogP contribution in [0.1, 0.15) is 28.5 Å². The summed E-state index contributed by atoms with van der Waals surface area (Å²) in [6, 6.07) is 17.5. The fourth-order valence-corrected chi connectivity index (χ4v) is 2.61. The van der Waals surface area contributed by atoms with Crippen molar-refractivity contribution in [2.75, 3.05) is 11.9 Å². The van der Waals surface area contributed by atoms with E-state index in [4.69, 9.17) is 0 Å². The first-order valence-corrected chi connectivity index (χ1v) is 7.44. The summed E-state index contributed by atoms with van der Waals surface area (Å²) in [5, 5.41) is 5.22. The lowest BCUT2D eigenvalue weighted by Crippen LogP contribution is -2.10. The average Bonchev–Trinajstić information content (AvgIpc) is 2.54. The lowest BCUT2D eigenvalue weighted by Gasteiger charge is -2.11. The first-order chi connectivity index (χ1) is 10.7. The summed E-state index contributed by atoms with van der Waals surface area (Å²) in [5.41, 5.74) is 2.22. The number of carbonyl (C=O) groups is 1. The Morgan fingerprint density at radius 3 is 2.59 bits per heavy atom. The highest BCUT2D eigenvalue weighted by Gasteiger charge is 2.16. The second-order valence-corrected chi connectivity index (χ2v) is 5.23. The van der Waals surface area contributed by atoms with E-state index in [9.17, 15) is 4.79 Å². The van der Waals surface area contributed by atoms with Crippen LogP contribution in [0.4, 0.5) is 5.82 Å². The maximum absolute atomic E-state index is 13.0. The van der Waals surface area contributed by atoms with Crippen LogP contribution in [0.5, 0.6) is 0 Å². The SMILES string of the molecule is CCNc1nc(C)ccc1C(=O)c1cccc2ccccc12. The van der Waals surface area contributed by atoms with Gasteiger partial charge in [0.2, 0.25) is 0 Å². The zero-order valence-corrected chi connectivity index (χ0v) is 12.8. The van der Waals surface area contributed by atoms with Crippen LogP contribution in [-0.2, 0) is 0 Å². The molecule has 1 N–H and O–H groups in total. The van der Waals surface area contributed by atoms with Crippen LogP contribution in [0.15, 0.2) is 54.6 Å². The molecule has 3 nitrogen and oxygen atoms in total. The van der Waals surface area contributed by atoms with E-state index in [1.165, 1.54) is 0 Å². The van der Waals surface area contributed by atoms with Crippen LogP contribution < -0.4 is 5.32 Å². The molecule has 0 aliphatic carbocycles. The molecule has 1 aromatic heterocycles. The predicted molar refractivity (Wildman–Crippen MR) is 90.5 cm³/mol. The standard InChI is InChI=1S/C19H18N2O/c1-3-20-19-17(12-11-13(2)21-19)18(22)16-10-6-8-14-7-4-5-9-15(14)16/h4-12H,3H2,1-2H3,(H,20,21). The normalized spacial score (nSPS) is 10.6. The number of aromatic nitrogens is 1. The number of anilines is 1. The molecule has 0 radical (unpaired) electrons. The Hall–Kier alpha value is -2.68. The minimum atomic E-state index is 0.000231. The number of nitrogens with one attached hydrogen (secondary N) is 1. The fraction of sp³-hybridized carbons (Fsp3) is 0.158. The lowest BCUT2D eigenvalue weighted by atomic mass is 9.97. The highest BCUT2D eigenvalue weighted by molar-refractivity contribution is 6.18. The van der Waals surface area contributed by atoms with Crippen molar-refractivity contribution in [3.8, 4) is 0 Å². The van der Waals surface area contributed by atoms with Gasteiger partial charge < -0.3 is 5.32 Å². The van der Waals surface area contributed by atoms with Crippen molar-refractivity contribution >= 4 is 22.4 Å². The van der Waals surface area contributed by atoms with E-state index in [0.717, 1.165) is 23.0 Å². The Morgan fingerprint density at radius 2 is 1.77 bits per heavy atom. The molecule has 0 saturated carbocycles. The fourth-order valence-electron chi connectivity index (χ4n) is 2.61. The third kappa shape index (κ3) is 2.58. The lowest BCUT2D eigenvalue weighted by molar-refractivity contribution is 0.104. The Balaban J connectivity index is 2.14. The van der Waals surface area contributed by atoms with Crippen molar-refractivity contribution in [2.45, 2.75) is 13.8 Å². The smallest absolute Gasteiger partial charge is 0.197 e. The van der Waals surface area contributed by atoms with Crippen LogP contribution >= 0.6 is 0 Å². The predicted octanol–water partition coefficient (Wildman–Crippen LogP) is 4.21. The number of benzene rings is 2. The minimum Gasteiger partial charge on any atom is -0.370 e. The number of pyridine rings is 1. The zero-order valence-electron chi connectivity index (χ0n) is 12.8. The van der Waals surface area contributed by atoms with E-state index in [2.05, 4.69) is 10.3 Å². The molecule has 110 valence electrons. The van der Waals surface area contributed by atoms with Crippen LogP contribution in [0.3, 0.4) is 0 Å². The molecule has 0 atom stereocenters. The van der Waals surface area contributed by atoms with Gasteiger partial charge in [-0.05, 0) is 36.8 Å². The number of carbonyl (C=O) groups excluding carboxylic acids is 1. The highest BCUT2D eigenvalue weighted by Crippen LogP contribution is 2.24. The monoisotopic (exact) mass is 290 g/mol. The van der Waals surface area contributed by atoms with Gasteiger partial charge in [0, 0.05) is 17.8 Å². The topological polar surface area (TPSA) is 42.0 Å². The molecule has 0 bridgehead atoms. The molecule has 0 fully saturated rings. The average molecular weight is 290 g/mol. The van der Waals surface area contributed by atoms with Gasteiger partial charge in [-0.2, -0.15) is 0 Å². The van der Waals surface area contributed by atoms with Crippen LogP contribution in [0.2, 0.25) is 0 Å². The van der Waals surface area contributed by atoms with E-state index in [0.29, 0.717) is 16.9 Å². The number of hydrogen-bond acceptors (Lipinski definition) is 3. The Labute approximate surface area is 130 Å². The van der Waals surface area contributed by atoms with Crippen molar-refractivity contribution < 1.29 is 4.79 Å². The molecule has 0 saturated heterocycles. The molecule has 0 aliphatic heterocycles. The molecule has 0 spiro atoms. The number of rotatable bonds is 4. The molecular weight excluding hydrogens is 272 g/mol. The number of aryl methyl sites for hydroxylation is 1. The molecule has 3 rings (SSSR count). The van der Waals surface area contributed by atoms with Gasteiger partial charge in [0.15, 0.2) is 5.78 Å². The molecule has 1 heterocycles. The second kappa shape index (κ2) is 5.98. The molecule has 22 heavy (non-hydrogen) atoms. The van der Waals surface area contributed by atoms with Gasteiger partial charge >= 0.3 is 0 Å². The molecule has 0 amide bonds. The molecule has 2 aromatic carbocycles. The van der Waals surface area contributed by atoms with Crippen LogP contribution in [0.25, 0.3) is 10.8 Å². The second-order valence-electron chi connectivity index (χ2n) is 5.23. The van der Waals surface area contributed by atoms with Gasteiger partial charge in [-0.15, -0.1) is 0 Å². The Bertz CT molecular complexity index is 834. The molecular formula is C19H18N2O. The van der Waals surface area contributed by atoms with Crippen molar-refractivity contribution in [1.29, 1.82) is 0 Å². The maximum Gasteiger partial charge on any atom is 0.197 e. The first-order valence-electron chi connectivity index (χ1n) is 7.44. The van der Waals surface area contributed by atoms with Crippen LogP contribution in [0, 0.1) is 6.92 Å². The molecule has 0 unspecified atom stereocenters. The van der Waals surface area contributed by atoms with Crippen molar-refractivity contribution in [2.24, 2.45) is 0 Å². The number of nitrogens with zero attached hydrogens (tertiary/aromatic N) is 1. The molecule has 3 heteroatoms. The molecule has 3 aromatic rings.